The number of anilines is 1. The van der Waals surface area contributed by atoms with E-state index in [2.05, 4.69) is 14.3 Å². The topological polar surface area (TPSA) is 94.3 Å². The lowest BCUT2D eigenvalue weighted by Gasteiger charge is -2.14. The van der Waals surface area contributed by atoms with E-state index in [-0.39, 0.29) is 21.3 Å². The van der Waals surface area contributed by atoms with Crippen LogP contribution in [0.25, 0.3) is 0 Å². The number of sulfonamides is 1. The zero-order valence-electron chi connectivity index (χ0n) is 12.4. The van der Waals surface area contributed by atoms with Crippen LogP contribution < -0.4 is 9.46 Å². The van der Waals surface area contributed by atoms with E-state index in [0.717, 1.165) is 11.5 Å². The maximum atomic E-state index is 12.3. The molecule has 0 spiro atoms. The normalized spacial score (nSPS) is 12.4. The highest BCUT2D eigenvalue weighted by Gasteiger charge is 2.27. The molecular formula is C12H17N3O4S2. The first-order valence-electron chi connectivity index (χ1n) is 6.15. The van der Waals surface area contributed by atoms with Crippen molar-refractivity contribution < 1.29 is 17.7 Å². The first-order chi connectivity index (χ1) is 9.65. The molecule has 0 amide bonds. The van der Waals surface area contributed by atoms with Gasteiger partial charge in [0.1, 0.15) is 5.76 Å². The lowest BCUT2D eigenvalue weighted by molar-refractivity contribution is 0.329. The van der Waals surface area contributed by atoms with Gasteiger partial charge in [0.05, 0.1) is 7.11 Å². The molecular weight excluding hydrogens is 314 g/mol. The minimum absolute atomic E-state index is 0.0547. The van der Waals surface area contributed by atoms with Gasteiger partial charge in [-0.05, 0) is 18.5 Å². The molecule has 0 bridgehead atoms. The molecule has 21 heavy (non-hydrogen) atoms. The van der Waals surface area contributed by atoms with Crippen LogP contribution in [0.1, 0.15) is 32.1 Å². The van der Waals surface area contributed by atoms with E-state index in [9.17, 15) is 8.42 Å². The molecule has 7 nitrogen and oxygen atoms in total. The summed E-state index contributed by atoms with van der Waals surface area (Å²) in [5.41, 5.74) is 0.414. The van der Waals surface area contributed by atoms with E-state index < -0.39 is 10.0 Å². The van der Waals surface area contributed by atoms with E-state index in [0.29, 0.717) is 11.3 Å². The van der Waals surface area contributed by atoms with Crippen LogP contribution in [-0.4, -0.2) is 25.1 Å². The van der Waals surface area contributed by atoms with Crippen molar-refractivity contribution in [3.63, 3.8) is 0 Å². The number of hydrogen-bond acceptors (Lipinski definition) is 7. The predicted octanol–water partition coefficient (Wildman–Crippen LogP) is 2.55. The monoisotopic (exact) mass is 331 g/mol. The number of ether oxygens (including phenoxy) is 1. The molecule has 0 aliphatic heterocycles. The summed E-state index contributed by atoms with van der Waals surface area (Å²) in [5, 5.41) is 3.81. The Kier molecular flexibility index (Phi) is 3.98. The average molecular weight is 331 g/mol. The van der Waals surface area contributed by atoms with Crippen molar-refractivity contribution in [3.05, 3.63) is 17.4 Å². The molecule has 0 unspecified atom stereocenters. The summed E-state index contributed by atoms with van der Waals surface area (Å²) in [6, 6.07) is 1.35. The van der Waals surface area contributed by atoms with Gasteiger partial charge in [-0.15, -0.1) is 0 Å². The van der Waals surface area contributed by atoms with Crippen LogP contribution >= 0.6 is 11.5 Å². The van der Waals surface area contributed by atoms with Gasteiger partial charge in [0, 0.05) is 17.0 Å². The van der Waals surface area contributed by atoms with Gasteiger partial charge < -0.3 is 9.26 Å². The fourth-order valence-electron chi connectivity index (χ4n) is 1.77. The smallest absolute Gasteiger partial charge is 0.274 e. The summed E-state index contributed by atoms with van der Waals surface area (Å²) >= 11 is 0.835. The molecule has 0 aliphatic carbocycles. The fraction of sp³-hybridized carbons (Fsp3) is 0.500. The summed E-state index contributed by atoms with van der Waals surface area (Å²) < 4.78 is 41.0. The summed E-state index contributed by atoms with van der Waals surface area (Å²) in [7, 11) is -2.33. The average Bonchev–Trinajstić information content (AvgIpc) is 2.96. The predicted molar refractivity (Wildman–Crippen MR) is 79.4 cm³/mol. The Morgan fingerprint density at radius 2 is 2.05 bits per heavy atom. The standard InChI is InChI=1S/C12H17N3O4S2/c1-7-10(12(2,3)4)19-13-11(7)15-21(16,17)9-6-8(18-5)14-20-9/h6H,1-5H3,(H,13,15). The second kappa shape index (κ2) is 5.30. The number of rotatable bonds is 4. The third-order valence-electron chi connectivity index (χ3n) is 2.78. The largest absolute Gasteiger partial charge is 0.480 e. The van der Waals surface area contributed by atoms with Gasteiger partial charge in [-0.2, -0.15) is 4.37 Å². The van der Waals surface area contributed by atoms with Crippen LogP contribution in [0, 0.1) is 6.92 Å². The van der Waals surface area contributed by atoms with Crippen LogP contribution in [0.5, 0.6) is 5.88 Å². The summed E-state index contributed by atoms with van der Waals surface area (Å²) in [4.78, 5) is 0. The Hall–Kier alpha value is -1.61. The number of nitrogens with one attached hydrogen (secondary N) is 1. The molecule has 2 heterocycles. The van der Waals surface area contributed by atoms with Crippen molar-refractivity contribution in [3.8, 4) is 5.88 Å². The van der Waals surface area contributed by atoms with Crippen LogP contribution in [0.3, 0.4) is 0 Å². The van der Waals surface area contributed by atoms with Gasteiger partial charge in [0.25, 0.3) is 10.0 Å². The molecule has 116 valence electrons. The van der Waals surface area contributed by atoms with Crippen LogP contribution in [0.4, 0.5) is 5.82 Å². The highest BCUT2D eigenvalue weighted by Crippen LogP contribution is 2.31. The lowest BCUT2D eigenvalue weighted by Crippen LogP contribution is -2.14. The van der Waals surface area contributed by atoms with E-state index in [1.54, 1.807) is 6.92 Å². The second-order valence-electron chi connectivity index (χ2n) is 5.53. The Labute approximate surface area is 127 Å². The maximum Gasteiger partial charge on any atom is 0.274 e. The lowest BCUT2D eigenvalue weighted by atomic mass is 9.91. The van der Waals surface area contributed by atoms with E-state index in [1.165, 1.54) is 13.2 Å². The first-order valence-corrected chi connectivity index (χ1v) is 8.41. The molecule has 0 saturated heterocycles. The van der Waals surface area contributed by atoms with Crippen molar-refractivity contribution in [2.45, 2.75) is 37.3 Å². The number of methoxy groups -OCH3 is 1. The molecule has 1 N–H and O–H groups in total. The van der Waals surface area contributed by atoms with Crippen LogP contribution in [-0.2, 0) is 15.4 Å². The zero-order chi connectivity index (χ0) is 15.8. The molecule has 0 fully saturated rings. The maximum absolute atomic E-state index is 12.3. The highest BCUT2D eigenvalue weighted by atomic mass is 32.2. The van der Waals surface area contributed by atoms with Gasteiger partial charge in [0.2, 0.25) is 5.88 Å². The Morgan fingerprint density at radius 1 is 1.38 bits per heavy atom. The van der Waals surface area contributed by atoms with E-state index >= 15 is 0 Å². The second-order valence-corrected chi connectivity index (χ2v) is 8.24. The molecule has 9 heteroatoms. The van der Waals surface area contributed by atoms with E-state index in [4.69, 9.17) is 9.26 Å². The van der Waals surface area contributed by atoms with Gasteiger partial charge in [-0.1, -0.05) is 25.9 Å². The van der Waals surface area contributed by atoms with Crippen molar-refractivity contribution in [2.24, 2.45) is 0 Å². The Bertz CT molecular complexity index is 741. The molecule has 0 radical (unpaired) electrons. The van der Waals surface area contributed by atoms with E-state index in [1.807, 2.05) is 20.8 Å². The molecule has 2 aromatic heterocycles. The number of hydrogen-bond donors (Lipinski definition) is 1. The van der Waals surface area contributed by atoms with Crippen LogP contribution in [0.2, 0.25) is 0 Å². The molecule has 0 aromatic carbocycles. The van der Waals surface area contributed by atoms with Gasteiger partial charge >= 0.3 is 0 Å². The Morgan fingerprint density at radius 3 is 2.52 bits per heavy atom. The highest BCUT2D eigenvalue weighted by molar-refractivity contribution is 7.94. The van der Waals surface area contributed by atoms with Gasteiger partial charge in [-0.25, -0.2) is 8.42 Å². The summed E-state index contributed by atoms with van der Waals surface area (Å²) in [5.74, 6) is 1.09. The quantitative estimate of drug-likeness (QED) is 0.925. The number of nitrogens with zero attached hydrogens (tertiary/aromatic N) is 2. The number of aromatic nitrogens is 2. The van der Waals surface area contributed by atoms with Crippen molar-refractivity contribution in [1.82, 2.24) is 9.53 Å². The summed E-state index contributed by atoms with van der Waals surface area (Å²) in [6.45, 7) is 7.66. The molecule has 0 atom stereocenters. The Balaban J connectivity index is 2.31. The SMILES string of the molecule is COc1cc(S(=O)(=O)Nc2noc(C(C)(C)C)c2C)sn1. The molecule has 2 rings (SSSR count). The third kappa shape index (κ3) is 3.18. The molecule has 2 aromatic rings. The third-order valence-corrected chi connectivity index (χ3v) is 5.34. The van der Waals surface area contributed by atoms with Gasteiger partial charge in [-0.3, -0.25) is 4.72 Å². The molecule has 0 saturated carbocycles. The zero-order valence-corrected chi connectivity index (χ0v) is 14.1. The summed E-state index contributed by atoms with van der Waals surface area (Å²) in [6.07, 6.45) is 0. The van der Waals surface area contributed by atoms with Crippen molar-refractivity contribution in [1.29, 1.82) is 0 Å². The fourth-order valence-corrected chi connectivity index (χ4v) is 3.67. The minimum atomic E-state index is -3.75. The van der Waals surface area contributed by atoms with Gasteiger partial charge in [0.15, 0.2) is 10.0 Å². The van der Waals surface area contributed by atoms with Crippen LogP contribution in [0.15, 0.2) is 14.8 Å². The van der Waals surface area contributed by atoms with Crippen molar-refractivity contribution >= 4 is 27.4 Å². The van der Waals surface area contributed by atoms with Crippen molar-refractivity contribution in [2.75, 3.05) is 11.8 Å². The molecule has 0 aliphatic rings. The first kappa shape index (κ1) is 15.8. The minimum Gasteiger partial charge on any atom is -0.480 e.